The molecule has 0 radical (unpaired) electrons. The van der Waals surface area contributed by atoms with E-state index in [2.05, 4.69) is 0 Å². The van der Waals surface area contributed by atoms with Crippen molar-refractivity contribution in [2.24, 2.45) is 0 Å². The van der Waals surface area contributed by atoms with Crippen LogP contribution in [-0.2, 0) is 29.5 Å². The van der Waals surface area contributed by atoms with Gasteiger partial charge in [-0.25, -0.2) is 25.3 Å². The normalized spacial score (nSPS) is 23.7. The third-order valence-corrected chi connectivity index (χ3v) is 9.63. The van der Waals surface area contributed by atoms with E-state index < -0.39 is 29.5 Å². The molecular weight excluding hydrogens is 408 g/mol. The smallest absolute Gasteiger partial charge is 0.206 e. The quantitative estimate of drug-likeness (QED) is 0.648. The summed E-state index contributed by atoms with van der Waals surface area (Å²) in [6.45, 7) is 0. The van der Waals surface area contributed by atoms with E-state index in [1.165, 1.54) is 0 Å². The van der Waals surface area contributed by atoms with E-state index in [4.69, 9.17) is 0 Å². The monoisotopic (exact) mass is 420 g/mol. The number of hydrogen-bond donors (Lipinski definition) is 0. The number of hydrogen-bond acceptors (Lipinski definition) is 6. The summed E-state index contributed by atoms with van der Waals surface area (Å²) in [5.74, 6) is 0. The van der Waals surface area contributed by atoms with Gasteiger partial charge in [0.1, 0.15) is 0 Å². The Balaban J connectivity index is 0.0000001000. The topological polar surface area (TPSA) is 102 Å². The maximum atomic E-state index is 11.0. The Morgan fingerprint density at radius 3 is 0.926 bits per heavy atom. The molecule has 0 unspecified atom stereocenters. The fourth-order valence-corrected chi connectivity index (χ4v) is 6.44. The third kappa shape index (κ3) is 2.70. The lowest BCUT2D eigenvalue weighted by atomic mass is 10.3. The zero-order valence-corrected chi connectivity index (χ0v) is 16.1. The van der Waals surface area contributed by atoms with E-state index in [1.54, 1.807) is 72.9 Å². The van der Waals surface area contributed by atoms with Crippen molar-refractivity contribution in [2.45, 2.75) is 9.79 Å². The van der Waals surface area contributed by atoms with Gasteiger partial charge in [-0.2, -0.15) is 0 Å². The predicted molar refractivity (Wildman–Crippen MR) is 100 cm³/mol. The first-order valence-electron chi connectivity index (χ1n) is 7.69. The molecule has 0 aromatic heterocycles. The molecule has 0 atom stereocenters. The van der Waals surface area contributed by atoms with Crippen molar-refractivity contribution in [1.82, 2.24) is 0 Å². The lowest BCUT2D eigenvalue weighted by Gasteiger charge is -2.13. The Bertz CT molecular complexity index is 1220. The second-order valence-corrected chi connectivity index (χ2v) is 11.8. The van der Waals surface area contributed by atoms with Gasteiger partial charge in [0, 0.05) is 0 Å². The highest BCUT2D eigenvalue weighted by molar-refractivity contribution is 8.00. The summed E-state index contributed by atoms with van der Waals surface area (Å²) in [6, 6.07) is 6.60. The van der Waals surface area contributed by atoms with Gasteiger partial charge in [-0.1, -0.05) is 6.07 Å². The van der Waals surface area contributed by atoms with Gasteiger partial charge in [-0.3, -0.25) is 0 Å². The predicted octanol–water partition coefficient (Wildman–Crippen LogP) is 2.34. The summed E-state index contributed by atoms with van der Waals surface area (Å²) < 4.78 is 65.5. The maximum Gasteiger partial charge on any atom is 0.206 e. The first-order valence-corrected chi connectivity index (χ1v) is 12.1. The molecule has 6 nitrogen and oxygen atoms in total. The van der Waals surface area contributed by atoms with Crippen LogP contribution in [0.1, 0.15) is 0 Å². The molecule has 27 heavy (non-hydrogen) atoms. The molecular formula is C18H12O6S3. The lowest BCUT2D eigenvalue weighted by Crippen LogP contribution is -2.10. The summed E-state index contributed by atoms with van der Waals surface area (Å²) in [5.41, 5.74) is 0. The van der Waals surface area contributed by atoms with Gasteiger partial charge in [0.25, 0.3) is 0 Å². The van der Waals surface area contributed by atoms with Crippen molar-refractivity contribution in [1.29, 1.82) is 0 Å². The summed E-state index contributed by atoms with van der Waals surface area (Å²) in [6.07, 6.45) is 12.9. The number of rotatable bonds is 0. The minimum atomic E-state index is -2.98. The minimum Gasteiger partial charge on any atom is -0.219 e. The first-order chi connectivity index (χ1) is 12.6. The number of fused-ring (bicyclic) bond motifs is 6. The van der Waals surface area contributed by atoms with Crippen LogP contribution >= 0.6 is 0 Å². The largest absolute Gasteiger partial charge is 0.219 e. The van der Waals surface area contributed by atoms with E-state index >= 15 is 0 Å². The highest BCUT2D eigenvalue weighted by Gasteiger charge is 2.29. The fraction of sp³-hybridized carbons (Fsp3) is 0. The lowest BCUT2D eigenvalue weighted by molar-refractivity contribution is 0.588. The van der Waals surface area contributed by atoms with Crippen LogP contribution in [0.15, 0.2) is 102 Å². The molecule has 0 aliphatic carbocycles. The molecule has 0 saturated carbocycles. The summed E-state index contributed by atoms with van der Waals surface area (Å²) in [7, 11) is -8.89. The van der Waals surface area contributed by atoms with E-state index in [0.29, 0.717) is 29.4 Å². The average Bonchev–Trinajstić information content (AvgIpc) is 3.32. The van der Waals surface area contributed by atoms with Gasteiger partial charge < -0.3 is 0 Å². The highest BCUT2D eigenvalue weighted by atomic mass is 32.2. The Morgan fingerprint density at radius 2 is 0.815 bits per heavy atom. The van der Waals surface area contributed by atoms with Crippen LogP contribution in [0.3, 0.4) is 0 Å². The molecule has 138 valence electrons. The van der Waals surface area contributed by atoms with Crippen molar-refractivity contribution >= 4 is 29.5 Å². The standard InChI is InChI=1S/3C6H4O2S/c2*7-9(8)5-1-2-6(9)4-3-5;7-9(8)5-2-1-3-6(9)4-5/h3*1-4H. The zero-order valence-electron chi connectivity index (χ0n) is 13.6. The molecule has 0 fully saturated rings. The van der Waals surface area contributed by atoms with Crippen LogP contribution in [0.2, 0.25) is 0 Å². The molecule has 9 heteroatoms. The first kappa shape index (κ1) is 17.9. The Kier molecular flexibility index (Phi) is 3.81. The van der Waals surface area contributed by atoms with Gasteiger partial charge in [0.15, 0.2) is 0 Å². The number of benzene rings is 1. The Hall–Kier alpha value is -2.49. The van der Waals surface area contributed by atoms with Crippen LogP contribution in [0.25, 0.3) is 0 Å². The number of allylic oxidation sites excluding steroid dienone is 8. The highest BCUT2D eigenvalue weighted by Crippen LogP contribution is 2.33. The van der Waals surface area contributed by atoms with E-state index in [9.17, 15) is 25.3 Å². The molecule has 1 aromatic rings. The SMILES string of the molecule is O=S1(=O)C2=CC=C1C=C2.O=S1(=O)C2=CC=C1C=C2.O=S1(=O)c2cccc1c2. The second-order valence-electron chi connectivity index (χ2n) is 5.93. The number of sulfone groups is 3. The van der Waals surface area contributed by atoms with Crippen LogP contribution < -0.4 is 0 Å². The van der Waals surface area contributed by atoms with Crippen LogP contribution in [0.4, 0.5) is 0 Å². The van der Waals surface area contributed by atoms with Crippen molar-refractivity contribution < 1.29 is 25.3 Å². The molecule has 7 rings (SSSR count). The van der Waals surface area contributed by atoms with Crippen molar-refractivity contribution in [3.63, 3.8) is 0 Å². The fourth-order valence-electron chi connectivity index (χ4n) is 2.75. The van der Waals surface area contributed by atoms with Crippen LogP contribution in [0, 0.1) is 0 Å². The van der Waals surface area contributed by atoms with Crippen LogP contribution in [0.5, 0.6) is 0 Å². The molecule has 0 spiro atoms. The molecule has 0 N–H and O–H groups in total. The van der Waals surface area contributed by atoms with Gasteiger partial charge in [0.05, 0.1) is 29.4 Å². The van der Waals surface area contributed by atoms with Crippen molar-refractivity contribution in [3.8, 4) is 0 Å². The summed E-state index contributed by atoms with van der Waals surface area (Å²) in [5, 5.41) is 0. The van der Waals surface area contributed by atoms with Gasteiger partial charge in [-0.05, 0) is 66.8 Å². The molecule has 6 heterocycles. The van der Waals surface area contributed by atoms with E-state index in [-0.39, 0.29) is 0 Å². The molecule has 6 bridgehead atoms. The second kappa shape index (κ2) is 5.75. The summed E-state index contributed by atoms with van der Waals surface area (Å²) in [4.78, 5) is 2.60. The molecule has 6 aliphatic rings. The molecule has 0 saturated heterocycles. The average molecular weight is 420 g/mol. The maximum absolute atomic E-state index is 11.0. The van der Waals surface area contributed by atoms with Gasteiger partial charge in [-0.15, -0.1) is 0 Å². The molecule has 1 aromatic carbocycles. The van der Waals surface area contributed by atoms with Crippen LogP contribution in [-0.4, -0.2) is 25.3 Å². The van der Waals surface area contributed by atoms with E-state index in [1.807, 2.05) is 0 Å². The van der Waals surface area contributed by atoms with Gasteiger partial charge >= 0.3 is 0 Å². The molecule has 0 amide bonds. The molecule has 6 aliphatic heterocycles. The minimum absolute atomic E-state index is 0.428. The Labute approximate surface area is 157 Å². The van der Waals surface area contributed by atoms with E-state index in [0.717, 1.165) is 0 Å². The Morgan fingerprint density at radius 1 is 0.481 bits per heavy atom. The van der Waals surface area contributed by atoms with Crippen molar-refractivity contribution in [2.75, 3.05) is 0 Å². The van der Waals surface area contributed by atoms with Gasteiger partial charge in [0.2, 0.25) is 29.5 Å². The third-order valence-electron chi connectivity index (χ3n) is 4.31. The zero-order chi connectivity index (χ0) is 19.4. The summed E-state index contributed by atoms with van der Waals surface area (Å²) >= 11 is 0. The van der Waals surface area contributed by atoms with Crippen molar-refractivity contribution in [3.05, 3.63) is 92.5 Å².